The molecule has 3 aliphatic heterocycles. The fourth-order valence-corrected chi connectivity index (χ4v) is 5.25. The number of hydrogen-bond donors (Lipinski definition) is 0. The van der Waals surface area contributed by atoms with Crippen molar-refractivity contribution in [2.45, 2.75) is 44.3 Å². The highest BCUT2D eigenvalue weighted by molar-refractivity contribution is 5.57. The molecule has 0 spiro atoms. The Morgan fingerprint density at radius 3 is 2.57 bits per heavy atom. The van der Waals surface area contributed by atoms with Gasteiger partial charge in [0.05, 0.1) is 0 Å². The van der Waals surface area contributed by atoms with Crippen LogP contribution in [-0.2, 0) is 6.54 Å². The number of likely N-dealkylation sites (tertiary alicyclic amines) is 1. The van der Waals surface area contributed by atoms with Gasteiger partial charge in [-0.1, -0.05) is 30.3 Å². The molecule has 2 saturated heterocycles. The predicted molar refractivity (Wildman–Crippen MR) is 120 cm³/mol. The molecule has 5 rings (SSSR count). The van der Waals surface area contributed by atoms with Crippen LogP contribution in [0.4, 0.5) is 5.69 Å². The first kappa shape index (κ1) is 19.7. The van der Waals surface area contributed by atoms with E-state index in [2.05, 4.69) is 64.2 Å². The van der Waals surface area contributed by atoms with Crippen molar-refractivity contribution < 1.29 is 9.47 Å². The summed E-state index contributed by atoms with van der Waals surface area (Å²) in [5.41, 5.74) is 2.67. The Balaban J connectivity index is 1.15. The highest BCUT2D eigenvalue weighted by Gasteiger charge is 2.30. The lowest BCUT2D eigenvalue weighted by Crippen LogP contribution is -2.52. The minimum absolute atomic E-state index is 0.343. The molecule has 5 nitrogen and oxygen atoms in total. The van der Waals surface area contributed by atoms with E-state index < -0.39 is 0 Å². The summed E-state index contributed by atoms with van der Waals surface area (Å²) in [6.45, 7) is 6.08. The molecule has 30 heavy (non-hydrogen) atoms. The van der Waals surface area contributed by atoms with Gasteiger partial charge in [0.2, 0.25) is 6.79 Å². The van der Waals surface area contributed by atoms with Gasteiger partial charge in [0.1, 0.15) is 0 Å². The maximum Gasteiger partial charge on any atom is 0.231 e. The molecule has 3 heterocycles. The van der Waals surface area contributed by atoms with Gasteiger partial charge in [-0.15, -0.1) is 0 Å². The van der Waals surface area contributed by atoms with Crippen LogP contribution in [0.15, 0.2) is 48.5 Å². The van der Waals surface area contributed by atoms with Gasteiger partial charge in [-0.3, -0.25) is 9.80 Å². The first-order valence-electron chi connectivity index (χ1n) is 11.4. The lowest BCUT2D eigenvalue weighted by atomic mass is 9.96. The Morgan fingerprint density at radius 2 is 1.73 bits per heavy atom. The average molecular weight is 408 g/mol. The standard InChI is InChI=1S/C25H33N3O2/c1-26(17-20-6-3-2-4-7-20)23-8-5-13-28(18-23)21-11-14-27(15-12-21)22-9-10-24-25(16-22)30-19-29-24/h2-4,6-7,9-10,16,21,23H,5,8,11-15,17-19H2,1H3. The zero-order chi connectivity index (χ0) is 20.3. The SMILES string of the molecule is CN(Cc1ccccc1)C1CCCN(C2CCN(c3ccc4c(c3)OCO4)CC2)C1. The number of fused-ring (bicyclic) bond motifs is 1. The van der Waals surface area contributed by atoms with E-state index in [1.165, 1.54) is 50.0 Å². The van der Waals surface area contributed by atoms with Gasteiger partial charge in [0.15, 0.2) is 11.5 Å². The van der Waals surface area contributed by atoms with Crippen molar-refractivity contribution in [3.63, 3.8) is 0 Å². The van der Waals surface area contributed by atoms with E-state index in [0.29, 0.717) is 18.9 Å². The summed E-state index contributed by atoms with van der Waals surface area (Å²) in [4.78, 5) is 7.83. The normalized spacial score (nSPS) is 22.6. The van der Waals surface area contributed by atoms with Crippen LogP contribution < -0.4 is 14.4 Å². The van der Waals surface area contributed by atoms with Crippen LogP contribution in [0.5, 0.6) is 11.5 Å². The third-order valence-electron chi connectivity index (χ3n) is 7.03. The number of likely N-dealkylation sites (N-methyl/N-ethyl adjacent to an activating group) is 1. The van der Waals surface area contributed by atoms with E-state index in [1.54, 1.807) is 0 Å². The van der Waals surface area contributed by atoms with Gasteiger partial charge in [-0.2, -0.15) is 0 Å². The number of anilines is 1. The Hall–Kier alpha value is -2.24. The second kappa shape index (κ2) is 8.86. The molecule has 0 bridgehead atoms. The van der Waals surface area contributed by atoms with E-state index in [1.807, 2.05) is 6.07 Å². The molecule has 0 saturated carbocycles. The number of nitrogens with zero attached hydrogens (tertiary/aromatic N) is 3. The number of hydrogen-bond acceptors (Lipinski definition) is 5. The van der Waals surface area contributed by atoms with E-state index in [0.717, 1.165) is 31.1 Å². The molecule has 3 aliphatic rings. The van der Waals surface area contributed by atoms with Gasteiger partial charge < -0.3 is 14.4 Å². The van der Waals surface area contributed by atoms with Crippen molar-refractivity contribution >= 4 is 5.69 Å². The highest BCUT2D eigenvalue weighted by Crippen LogP contribution is 2.36. The topological polar surface area (TPSA) is 28.2 Å². The summed E-state index contributed by atoms with van der Waals surface area (Å²) in [7, 11) is 2.30. The molecule has 1 unspecified atom stereocenters. The third kappa shape index (κ3) is 4.28. The van der Waals surface area contributed by atoms with Crippen LogP contribution in [-0.4, -0.2) is 61.9 Å². The smallest absolute Gasteiger partial charge is 0.231 e. The molecular weight excluding hydrogens is 374 g/mol. The molecule has 0 aromatic heterocycles. The predicted octanol–water partition coefficient (Wildman–Crippen LogP) is 3.98. The minimum atomic E-state index is 0.343. The van der Waals surface area contributed by atoms with Crippen molar-refractivity contribution in [3.05, 3.63) is 54.1 Å². The maximum absolute atomic E-state index is 5.56. The van der Waals surface area contributed by atoms with Crippen molar-refractivity contribution in [2.75, 3.05) is 44.9 Å². The van der Waals surface area contributed by atoms with Gasteiger partial charge in [-0.25, -0.2) is 0 Å². The van der Waals surface area contributed by atoms with E-state index in [9.17, 15) is 0 Å². The van der Waals surface area contributed by atoms with E-state index in [-0.39, 0.29) is 0 Å². The minimum Gasteiger partial charge on any atom is -0.454 e. The summed E-state index contributed by atoms with van der Waals surface area (Å²) in [5, 5.41) is 0. The first-order valence-corrected chi connectivity index (χ1v) is 11.4. The van der Waals surface area contributed by atoms with Crippen molar-refractivity contribution in [1.29, 1.82) is 0 Å². The zero-order valence-electron chi connectivity index (χ0n) is 18.0. The number of piperidine rings is 2. The van der Waals surface area contributed by atoms with E-state index >= 15 is 0 Å². The lowest BCUT2D eigenvalue weighted by Gasteiger charge is -2.44. The van der Waals surface area contributed by atoms with Crippen LogP contribution >= 0.6 is 0 Å². The van der Waals surface area contributed by atoms with Crippen molar-refractivity contribution in [1.82, 2.24) is 9.80 Å². The Labute approximate surface area is 180 Å². The Morgan fingerprint density at radius 1 is 0.933 bits per heavy atom. The second-order valence-electron chi connectivity index (χ2n) is 8.95. The highest BCUT2D eigenvalue weighted by atomic mass is 16.7. The number of rotatable bonds is 5. The van der Waals surface area contributed by atoms with Crippen LogP contribution in [0.1, 0.15) is 31.2 Å². The molecule has 5 heteroatoms. The van der Waals surface area contributed by atoms with Crippen molar-refractivity contribution in [2.24, 2.45) is 0 Å². The largest absolute Gasteiger partial charge is 0.454 e. The number of benzene rings is 2. The summed E-state index contributed by atoms with van der Waals surface area (Å²) in [6, 6.07) is 18.6. The van der Waals surface area contributed by atoms with Crippen molar-refractivity contribution in [3.8, 4) is 11.5 Å². The second-order valence-corrected chi connectivity index (χ2v) is 8.95. The van der Waals surface area contributed by atoms with E-state index in [4.69, 9.17) is 9.47 Å². The van der Waals surface area contributed by atoms with Crippen LogP contribution in [0, 0.1) is 0 Å². The summed E-state index contributed by atoms with van der Waals surface area (Å²) in [5.74, 6) is 1.75. The molecule has 2 aromatic carbocycles. The van der Waals surface area contributed by atoms with Gasteiger partial charge in [0, 0.05) is 50.0 Å². The fraction of sp³-hybridized carbons (Fsp3) is 0.520. The van der Waals surface area contributed by atoms with Gasteiger partial charge in [0.25, 0.3) is 0 Å². The molecule has 0 N–H and O–H groups in total. The zero-order valence-corrected chi connectivity index (χ0v) is 18.0. The fourth-order valence-electron chi connectivity index (χ4n) is 5.25. The third-order valence-corrected chi connectivity index (χ3v) is 7.03. The average Bonchev–Trinajstić information content (AvgIpc) is 3.28. The molecule has 160 valence electrons. The van der Waals surface area contributed by atoms with Crippen LogP contribution in [0.25, 0.3) is 0 Å². The monoisotopic (exact) mass is 407 g/mol. The maximum atomic E-state index is 5.56. The molecule has 0 aliphatic carbocycles. The van der Waals surface area contributed by atoms with Crippen LogP contribution in [0.2, 0.25) is 0 Å². The van der Waals surface area contributed by atoms with Crippen LogP contribution in [0.3, 0.4) is 0 Å². The van der Waals surface area contributed by atoms with Gasteiger partial charge >= 0.3 is 0 Å². The Bertz CT molecular complexity index is 836. The quantitative estimate of drug-likeness (QED) is 0.748. The molecule has 1 atom stereocenters. The summed E-state index contributed by atoms with van der Waals surface area (Å²) < 4.78 is 11.0. The summed E-state index contributed by atoms with van der Waals surface area (Å²) in [6.07, 6.45) is 5.11. The molecular formula is C25H33N3O2. The molecule has 0 radical (unpaired) electrons. The number of ether oxygens (including phenoxy) is 2. The van der Waals surface area contributed by atoms with Gasteiger partial charge in [-0.05, 0) is 57.0 Å². The summed E-state index contributed by atoms with van der Waals surface area (Å²) >= 11 is 0. The first-order chi connectivity index (χ1) is 14.8. The molecule has 2 fully saturated rings. The molecule has 2 aromatic rings. The lowest BCUT2D eigenvalue weighted by molar-refractivity contribution is 0.0714. The Kier molecular flexibility index (Phi) is 5.82. The molecule has 0 amide bonds.